The lowest BCUT2D eigenvalue weighted by molar-refractivity contribution is -0.121. The summed E-state index contributed by atoms with van der Waals surface area (Å²) in [4.78, 5) is 14.0. The van der Waals surface area contributed by atoms with E-state index in [-0.39, 0.29) is 5.91 Å². The van der Waals surface area contributed by atoms with Gasteiger partial charge in [0.25, 0.3) is 0 Å². The van der Waals surface area contributed by atoms with Crippen LogP contribution in [-0.4, -0.2) is 36.5 Å². The number of carbonyl (C=O) groups excluding carboxylic acids is 1. The first-order chi connectivity index (χ1) is 10.6. The number of amides is 1. The van der Waals surface area contributed by atoms with Gasteiger partial charge in [-0.3, -0.25) is 9.69 Å². The zero-order chi connectivity index (χ0) is 15.9. The van der Waals surface area contributed by atoms with Gasteiger partial charge in [0, 0.05) is 42.1 Å². The number of benzene rings is 1. The first-order valence-electron chi connectivity index (χ1n) is 7.75. The van der Waals surface area contributed by atoms with E-state index < -0.39 is 0 Å². The third kappa shape index (κ3) is 5.13. The van der Waals surface area contributed by atoms with Crippen LogP contribution >= 0.6 is 23.2 Å². The van der Waals surface area contributed by atoms with Crippen molar-refractivity contribution in [1.29, 1.82) is 0 Å². The molecule has 1 aliphatic rings. The minimum atomic E-state index is 0.0255. The Kier molecular flexibility index (Phi) is 6.96. The predicted octanol–water partition coefficient (Wildman–Crippen LogP) is 2.81. The summed E-state index contributed by atoms with van der Waals surface area (Å²) in [5, 5.41) is 4.33. The standard InChI is InChI=1S/C16H23Cl2N3O/c17-13-5-4-12(15(18)9-13)11-21-8-2-1-3-14(21)10-20-16(22)6-7-19/h4-5,9,14H,1-3,6-8,10-11,19H2,(H,20,22). The molecule has 1 atom stereocenters. The minimum absolute atomic E-state index is 0.0255. The Hall–Kier alpha value is -0.810. The topological polar surface area (TPSA) is 58.4 Å². The largest absolute Gasteiger partial charge is 0.354 e. The number of hydrogen-bond donors (Lipinski definition) is 2. The number of piperidine rings is 1. The molecular weight excluding hydrogens is 321 g/mol. The first-order valence-corrected chi connectivity index (χ1v) is 8.50. The monoisotopic (exact) mass is 343 g/mol. The summed E-state index contributed by atoms with van der Waals surface area (Å²) in [5.41, 5.74) is 6.48. The average Bonchev–Trinajstić information content (AvgIpc) is 2.49. The number of nitrogens with zero attached hydrogens (tertiary/aromatic N) is 1. The van der Waals surface area contributed by atoms with E-state index in [0.717, 1.165) is 25.1 Å². The fraction of sp³-hybridized carbons (Fsp3) is 0.562. The first kappa shape index (κ1) is 17.5. The van der Waals surface area contributed by atoms with E-state index in [1.807, 2.05) is 12.1 Å². The molecule has 22 heavy (non-hydrogen) atoms. The highest BCUT2D eigenvalue weighted by Crippen LogP contribution is 2.25. The van der Waals surface area contributed by atoms with Crippen molar-refractivity contribution >= 4 is 29.1 Å². The minimum Gasteiger partial charge on any atom is -0.354 e. The molecule has 0 radical (unpaired) electrons. The molecule has 1 fully saturated rings. The van der Waals surface area contributed by atoms with E-state index in [1.165, 1.54) is 12.8 Å². The number of nitrogens with two attached hydrogens (primary N) is 1. The number of carbonyl (C=O) groups is 1. The van der Waals surface area contributed by atoms with Crippen molar-refractivity contribution in [3.63, 3.8) is 0 Å². The van der Waals surface area contributed by atoms with E-state index in [9.17, 15) is 4.79 Å². The maximum atomic E-state index is 11.6. The van der Waals surface area contributed by atoms with E-state index in [4.69, 9.17) is 28.9 Å². The van der Waals surface area contributed by atoms with Gasteiger partial charge in [0.2, 0.25) is 5.91 Å². The quantitative estimate of drug-likeness (QED) is 0.834. The number of halogens is 2. The van der Waals surface area contributed by atoms with Gasteiger partial charge in [-0.1, -0.05) is 35.7 Å². The fourth-order valence-electron chi connectivity index (χ4n) is 2.82. The van der Waals surface area contributed by atoms with Crippen LogP contribution in [0.15, 0.2) is 18.2 Å². The second-order valence-corrected chi connectivity index (χ2v) is 6.54. The summed E-state index contributed by atoms with van der Waals surface area (Å²) in [5.74, 6) is 0.0255. The van der Waals surface area contributed by atoms with Crippen LogP contribution in [0.3, 0.4) is 0 Å². The van der Waals surface area contributed by atoms with Crippen LogP contribution in [0.1, 0.15) is 31.2 Å². The number of likely N-dealkylation sites (tertiary alicyclic amines) is 1. The highest BCUT2D eigenvalue weighted by molar-refractivity contribution is 6.35. The smallest absolute Gasteiger partial charge is 0.221 e. The van der Waals surface area contributed by atoms with Gasteiger partial charge in [-0.25, -0.2) is 0 Å². The SMILES string of the molecule is NCCC(=O)NCC1CCCCN1Cc1ccc(Cl)cc1Cl. The molecule has 1 aliphatic heterocycles. The van der Waals surface area contributed by atoms with Gasteiger partial charge in [0.15, 0.2) is 0 Å². The molecule has 0 bridgehead atoms. The van der Waals surface area contributed by atoms with Gasteiger partial charge < -0.3 is 11.1 Å². The summed E-state index contributed by atoms with van der Waals surface area (Å²) < 4.78 is 0. The fourth-order valence-corrected chi connectivity index (χ4v) is 3.29. The Labute approximate surface area is 141 Å². The van der Waals surface area contributed by atoms with Crippen LogP contribution in [-0.2, 0) is 11.3 Å². The molecule has 1 amide bonds. The third-order valence-electron chi connectivity index (χ3n) is 4.04. The lowest BCUT2D eigenvalue weighted by Gasteiger charge is -2.36. The van der Waals surface area contributed by atoms with Crippen LogP contribution in [0.4, 0.5) is 0 Å². The highest BCUT2D eigenvalue weighted by atomic mass is 35.5. The molecule has 2 rings (SSSR count). The van der Waals surface area contributed by atoms with Gasteiger partial charge >= 0.3 is 0 Å². The van der Waals surface area contributed by atoms with E-state index >= 15 is 0 Å². The molecule has 0 aliphatic carbocycles. The van der Waals surface area contributed by atoms with Gasteiger partial charge in [0.1, 0.15) is 0 Å². The summed E-state index contributed by atoms with van der Waals surface area (Å²) in [6.07, 6.45) is 3.85. The Bertz CT molecular complexity index is 510. The Morgan fingerprint density at radius 2 is 2.18 bits per heavy atom. The summed E-state index contributed by atoms with van der Waals surface area (Å²) >= 11 is 12.2. The van der Waals surface area contributed by atoms with Gasteiger partial charge in [0.05, 0.1) is 0 Å². The molecule has 1 unspecified atom stereocenters. The number of hydrogen-bond acceptors (Lipinski definition) is 3. The number of nitrogens with one attached hydrogen (secondary N) is 1. The molecule has 1 saturated heterocycles. The van der Waals surface area contributed by atoms with Crippen LogP contribution in [0.2, 0.25) is 10.0 Å². The molecule has 1 heterocycles. The molecule has 0 spiro atoms. The Morgan fingerprint density at radius 1 is 1.36 bits per heavy atom. The number of rotatable bonds is 6. The van der Waals surface area contributed by atoms with Crippen LogP contribution in [0.5, 0.6) is 0 Å². The molecule has 122 valence electrons. The second-order valence-electron chi connectivity index (χ2n) is 5.70. The maximum absolute atomic E-state index is 11.6. The molecule has 1 aromatic carbocycles. The van der Waals surface area contributed by atoms with Crippen molar-refractivity contribution in [3.05, 3.63) is 33.8 Å². The summed E-state index contributed by atoms with van der Waals surface area (Å²) in [6, 6.07) is 5.97. The third-order valence-corrected chi connectivity index (χ3v) is 4.63. The molecule has 0 aromatic heterocycles. The van der Waals surface area contributed by atoms with Crippen molar-refractivity contribution < 1.29 is 4.79 Å². The molecule has 3 N–H and O–H groups in total. The summed E-state index contributed by atoms with van der Waals surface area (Å²) in [7, 11) is 0. The molecule has 4 nitrogen and oxygen atoms in total. The van der Waals surface area contributed by atoms with E-state index in [2.05, 4.69) is 10.2 Å². The van der Waals surface area contributed by atoms with Gasteiger partial charge in [-0.2, -0.15) is 0 Å². The zero-order valence-electron chi connectivity index (χ0n) is 12.7. The highest BCUT2D eigenvalue weighted by Gasteiger charge is 2.23. The summed E-state index contributed by atoms with van der Waals surface area (Å²) in [6.45, 7) is 2.87. The van der Waals surface area contributed by atoms with Crippen molar-refractivity contribution in [1.82, 2.24) is 10.2 Å². The normalized spacial score (nSPS) is 19.1. The van der Waals surface area contributed by atoms with Gasteiger partial charge in [-0.15, -0.1) is 0 Å². The molecule has 1 aromatic rings. The lowest BCUT2D eigenvalue weighted by Crippen LogP contribution is -2.46. The second kappa shape index (κ2) is 8.73. The Morgan fingerprint density at radius 3 is 2.91 bits per heavy atom. The molecular formula is C16H23Cl2N3O. The van der Waals surface area contributed by atoms with Crippen molar-refractivity contribution in [2.75, 3.05) is 19.6 Å². The van der Waals surface area contributed by atoms with E-state index in [1.54, 1.807) is 6.07 Å². The van der Waals surface area contributed by atoms with Crippen molar-refractivity contribution in [3.8, 4) is 0 Å². The molecule has 6 heteroatoms. The zero-order valence-corrected chi connectivity index (χ0v) is 14.2. The van der Waals surface area contributed by atoms with Crippen LogP contribution in [0.25, 0.3) is 0 Å². The van der Waals surface area contributed by atoms with Gasteiger partial charge in [-0.05, 0) is 37.1 Å². The van der Waals surface area contributed by atoms with E-state index in [0.29, 0.717) is 35.6 Å². The van der Waals surface area contributed by atoms with Crippen LogP contribution in [0, 0.1) is 0 Å². The average molecular weight is 344 g/mol. The predicted molar refractivity (Wildman–Crippen MR) is 91.2 cm³/mol. The maximum Gasteiger partial charge on any atom is 0.221 e. The van der Waals surface area contributed by atoms with Crippen molar-refractivity contribution in [2.45, 2.75) is 38.3 Å². The Balaban J connectivity index is 1.95. The van der Waals surface area contributed by atoms with Crippen LogP contribution < -0.4 is 11.1 Å². The molecule has 0 saturated carbocycles. The lowest BCUT2D eigenvalue weighted by atomic mass is 10.0. The van der Waals surface area contributed by atoms with Crippen molar-refractivity contribution in [2.24, 2.45) is 5.73 Å².